The quantitative estimate of drug-likeness (QED) is 0.348. The molecule has 2 amide bonds. The molecular formula is C18H14N6O4S. The van der Waals surface area contributed by atoms with Gasteiger partial charge in [0.1, 0.15) is 5.01 Å². The number of anilines is 1. The highest BCUT2D eigenvalue weighted by Gasteiger charge is 2.13. The first-order valence-electron chi connectivity index (χ1n) is 8.26. The Kier molecular flexibility index (Phi) is 6.32. The van der Waals surface area contributed by atoms with Crippen LogP contribution in [0.2, 0.25) is 0 Å². The Hall–Kier alpha value is -3.99. The Bertz CT molecular complexity index is 1050. The number of rotatable bonds is 7. The molecule has 0 fully saturated rings. The molecule has 0 aliphatic carbocycles. The summed E-state index contributed by atoms with van der Waals surface area (Å²) in [7, 11) is 0. The Morgan fingerprint density at radius 3 is 2.52 bits per heavy atom. The van der Waals surface area contributed by atoms with Gasteiger partial charge in [0.2, 0.25) is 11.0 Å². The maximum atomic E-state index is 12.2. The van der Waals surface area contributed by atoms with Crippen molar-refractivity contribution in [2.24, 2.45) is 5.10 Å². The van der Waals surface area contributed by atoms with E-state index in [9.17, 15) is 19.7 Å². The summed E-state index contributed by atoms with van der Waals surface area (Å²) in [4.78, 5) is 34.2. The molecule has 1 aromatic heterocycles. The fourth-order valence-electron chi connectivity index (χ4n) is 2.17. The maximum Gasteiger partial charge on any atom is 0.269 e. The molecule has 0 bridgehead atoms. The molecule has 29 heavy (non-hydrogen) atoms. The highest BCUT2D eigenvalue weighted by Crippen LogP contribution is 2.18. The largest absolute Gasteiger partial charge is 0.296 e. The molecule has 0 spiro atoms. The minimum absolute atomic E-state index is 0.0444. The van der Waals surface area contributed by atoms with Crippen molar-refractivity contribution in [3.8, 4) is 0 Å². The number of aromatic nitrogens is 2. The molecule has 11 heteroatoms. The normalized spacial score (nSPS) is 10.6. The minimum Gasteiger partial charge on any atom is -0.296 e. The van der Waals surface area contributed by atoms with Gasteiger partial charge in [-0.1, -0.05) is 41.7 Å². The molecule has 0 aliphatic heterocycles. The summed E-state index contributed by atoms with van der Waals surface area (Å²) in [6.07, 6.45) is 1.48. The molecule has 3 rings (SSSR count). The average molecular weight is 410 g/mol. The molecule has 0 radical (unpaired) electrons. The second-order valence-electron chi connectivity index (χ2n) is 5.64. The van der Waals surface area contributed by atoms with Gasteiger partial charge in [0.25, 0.3) is 11.6 Å². The smallest absolute Gasteiger partial charge is 0.269 e. The summed E-state index contributed by atoms with van der Waals surface area (Å²) in [5.74, 6) is -0.860. The predicted molar refractivity (Wildman–Crippen MR) is 107 cm³/mol. The van der Waals surface area contributed by atoms with Gasteiger partial charge in [0, 0.05) is 17.7 Å². The van der Waals surface area contributed by atoms with Crippen LogP contribution >= 0.6 is 11.3 Å². The van der Waals surface area contributed by atoms with Gasteiger partial charge in [0.05, 0.1) is 17.6 Å². The summed E-state index contributed by atoms with van der Waals surface area (Å²) in [6, 6.07) is 14.4. The fourth-order valence-corrected chi connectivity index (χ4v) is 2.91. The number of nitrogens with zero attached hydrogens (tertiary/aromatic N) is 4. The first-order valence-corrected chi connectivity index (χ1v) is 9.08. The fraction of sp³-hybridized carbons (Fsp3) is 0.0556. The van der Waals surface area contributed by atoms with Crippen molar-refractivity contribution in [2.75, 3.05) is 5.32 Å². The van der Waals surface area contributed by atoms with Gasteiger partial charge in [-0.15, -0.1) is 10.2 Å². The molecular weight excluding hydrogens is 396 g/mol. The van der Waals surface area contributed by atoms with E-state index in [4.69, 9.17) is 0 Å². The van der Waals surface area contributed by atoms with Gasteiger partial charge in [-0.2, -0.15) is 5.10 Å². The van der Waals surface area contributed by atoms with E-state index in [1.807, 2.05) is 30.3 Å². The monoisotopic (exact) mass is 410 g/mol. The number of nitrogens with one attached hydrogen (secondary N) is 2. The lowest BCUT2D eigenvalue weighted by Gasteiger charge is -2.00. The molecule has 10 nitrogen and oxygen atoms in total. The van der Waals surface area contributed by atoms with E-state index >= 15 is 0 Å². The van der Waals surface area contributed by atoms with Crippen molar-refractivity contribution in [3.05, 3.63) is 80.8 Å². The van der Waals surface area contributed by atoms with E-state index in [0.29, 0.717) is 5.01 Å². The van der Waals surface area contributed by atoms with Crippen LogP contribution in [-0.2, 0) is 11.2 Å². The van der Waals surface area contributed by atoms with Gasteiger partial charge in [-0.25, -0.2) is 5.43 Å². The molecule has 2 aromatic carbocycles. The summed E-state index contributed by atoms with van der Waals surface area (Å²) >= 11 is 1.05. The van der Waals surface area contributed by atoms with Crippen molar-refractivity contribution in [1.29, 1.82) is 0 Å². The van der Waals surface area contributed by atoms with Gasteiger partial charge in [-0.3, -0.25) is 25.0 Å². The number of benzene rings is 2. The second kappa shape index (κ2) is 9.28. The number of hydrogen-bond donors (Lipinski definition) is 2. The van der Waals surface area contributed by atoms with Crippen molar-refractivity contribution in [1.82, 2.24) is 15.6 Å². The molecule has 146 valence electrons. The number of hydrogen-bond acceptors (Lipinski definition) is 8. The van der Waals surface area contributed by atoms with Gasteiger partial charge in [-0.05, 0) is 17.7 Å². The summed E-state index contributed by atoms with van der Waals surface area (Å²) in [5.41, 5.74) is 3.37. The zero-order valence-corrected chi connectivity index (χ0v) is 15.6. The molecule has 2 N–H and O–H groups in total. The molecule has 0 atom stereocenters. The lowest BCUT2D eigenvalue weighted by Crippen LogP contribution is -2.19. The number of amides is 2. The second-order valence-corrected chi connectivity index (χ2v) is 6.70. The number of hydrazone groups is 1. The lowest BCUT2D eigenvalue weighted by molar-refractivity contribution is -0.384. The van der Waals surface area contributed by atoms with Crippen molar-refractivity contribution < 1.29 is 14.5 Å². The van der Waals surface area contributed by atoms with Gasteiger partial charge < -0.3 is 0 Å². The SMILES string of the molecule is O=C(Cc1nnc(NC(=O)c2ccc([N+](=O)[O-])cc2)s1)NN=Cc1ccccc1. The van der Waals surface area contributed by atoms with Crippen LogP contribution < -0.4 is 10.7 Å². The van der Waals surface area contributed by atoms with Gasteiger partial charge in [0.15, 0.2) is 0 Å². The van der Waals surface area contributed by atoms with Gasteiger partial charge >= 0.3 is 0 Å². The average Bonchev–Trinajstić information content (AvgIpc) is 3.15. The van der Waals surface area contributed by atoms with Crippen LogP contribution in [0.1, 0.15) is 20.9 Å². The van der Waals surface area contributed by atoms with Crippen LogP contribution in [0.25, 0.3) is 0 Å². The summed E-state index contributed by atoms with van der Waals surface area (Å²) in [6.45, 7) is 0. The zero-order valence-electron chi connectivity index (χ0n) is 14.8. The van der Waals surface area contributed by atoms with Crippen LogP contribution in [0.3, 0.4) is 0 Å². The highest BCUT2D eigenvalue weighted by atomic mass is 32.1. The number of carbonyl (C=O) groups excluding carboxylic acids is 2. The maximum absolute atomic E-state index is 12.2. The Morgan fingerprint density at radius 1 is 1.10 bits per heavy atom. The Balaban J connectivity index is 1.52. The molecule has 0 aliphatic rings. The lowest BCUT2D eigenvalue weighted by atomic mass is 10.2. The van der Waals surface area contributed by atoms with E-state index in [2.05, 4.69) is 26.0 Å². The Morgan fingerprint density at radius 2 is 1.83 bits per heavy atom. The minimum atomic E-state index is -0.548. The van der Waals surface area contributed by atoms with E-state index in [1.165, 1.54) is 30.5 Å². The van der Waals surface area contributed by atoms with E-state index in [1.54, 1.807) is 0 Å². The third-order valence-electron chi connectivity index (χ3n) is 3.54. The third kappa shape index (κ3) is 5.74. The highest BCUT2D eigenvalue weighted by molar-refractivity contribution is 7.15. The van der Waals surface area contributed by atoms with Crippen molar-refractivity contribution in [3.63, 3.8) is 0 Å². The first kappa shape index (κ1) is 19.8. The topological polar surface area (TPSA) is 139 Å². The summed E-state index contributed by atoms with van der Waals surface area (Å²) < 4.78 is 0. The molecule has 3 aromatic rings. The standard InChI is InChI=1S/C18H14N6O4S/c25-15(21-19-11-12-4-2-1-3-5-12)10-16-22-23-18(29-16)20-17(26)13-6-8-14(9-7-13)24(27)28/h1-9,11H,10H2,(H,21,25)(H,20,23,26). The van der Waals surface area contributed by atoms with Crippen molar-refractivity contribution >= 4 is 40.2 Å². The number of non-ortho nitro benzene ring substituents is 1. The molecule has 1 heterocycles. The van der Waals surface area contributed by atoms with E-state index in [-0.39, 0.29) is 28.7 Å². The van der Waals surface area contributed by atoms with Crippen LogP contribution in [0.4, 0.5) is 10.8 Å². The van der Waals surface area contributed by atoms with E-state index in [0.717, 1.165) is 16.9 Å². The number of carbonyl (C=O) groups is 2. The number of nitro benzene ring substituents is 1. The third-order valence-corrected chi connectivity index (χ3v) is 4.38. The van der Waals surface area contributed by atoms with E-state index < -0.39 is 10.8 Å². The predicted octanol–water partition coefficient (Wildman–Crippen LogP) is 2.39. The first-order chi connectivity index (χ1) is 14.0. The van der Waals surface area contributed by atoms with Crippen molar-refractivity contribution in [2.45, 2.75) is 6.42 Å². The van der Waals surface area contributed by atoms with Crippen LogP contribution in [-0.4, -0.2) is 33.1 Å². The zero-order chi connectivity index (χ0) is 20.6. The number of nitro groups is 1. The molecule has 0 saturated carbocycles. The van der Waals surface area contributed by atoms with Crippen LogP contribution in [0, 0.1) is 10.1 Å². The van der Waals surface area contributed by atoms with Crippen LogP contribution in [0.15, 0.2) is 59.7 Å². The summed E-state index contributed by atoms with van der Waals surface area (Å²) in [5, 5.41) is 25.3. The van der Waals surface area contributed by atoms with Crippen LogP contribution in [0.5, 0.6) is 0 Å². The molecule has 0 unspecified atom stereocenters. The Labute approximate surface area is 168 Å². The molecule has 0 saturated heterocycles.